The van der Waals surface area contributed by atoms with Gasteiger partial charge in [0.25, 0.3) is 5.56 Å². The van der Waals surface area contributed by atoms with Gasteiger partial charge in [0.2, 0.25) is 0 Å². The molecule has 0 aromatic carbocycles. The molecule has 0 saturated heterocycles. The van der Waals surface area contributed by atoms with Gasteiger partial charge in [0.15, 0.2) is 0 Å². The Balaban J connectivity index is 1.59. The highest BCUT2D eigenvalue weighted by Gasteiger charge is 2.03. The molecule has 1 N–H and O–H groups in total. The fraction of sp³-hybridized carbons (Fsp3) is 0.214. The van der Waals surface area contributed by atoms with Crippen molar-refractivity contribution in [3.05, 3.63) is 54.9 Å². The minimum atomic E-state index is 0.101. The quantitative estimate of drug-likeness (QED) is 0.697. The molecule has 3 heterocycles. The van der Waals surface area contributed by atoms with Crippen LogP contribution in [0.5, 0.6) is 0 Å². The van der Waals surface area contributed by atoms with Crippen molar-refractivity contribution < 1.29 is 0 Å². The van der Waals surface area contributed by atoms with Crippen LogP contribution in [0.1, 0.15) is 4.88 Å². The Morgan fingerprint density at radius 2 is 2.20 bits per heavy atom. The summed E-state index contributed by atoms with van der Waals surface area (Å²) in [5.41, 5.74) is 0.101. The fourth-order valence-corrected chi connectivity index (χ4v) is 4.23. The van der Waals surface area contributed by atoms with E-state index in [1.54, 1.807) is 27.2 Å². The zero-order valence-electron chi connectivity index (χ0n) is 10.6. The Hall–Kier alpha value is -0.950. The molecule has 0 aliphatic rings. The van der Waals surface area contributed by atoms with Crippen LogP contribution in [0.15, 0.2) is 44.4 Å². The summed E-state index contributed by atoms with van der Waals surface area (Å²) in [6, 6.07) is 6.02. The minimum absolute atomic E-state index is 0.101. The second kappa shape index (κ2) is 6.22. The van der Waals surface area contributed by atoms with E-state index in [1.807, 2.05) is 23.7 Å². The van der Waals surface area contributed by atoms with Crippen LogP contribution >= 0.6 is 38.6 Å². The lowest BCUT2D eigenvalue weighted by Crippen LogP contribution is -2.26. The number of rotatable bonds is 5. The van der Waals surface area contributed by atoms with Crippen molar-refractivity contribution in [3.63, 3.8) is 0 Å². The highest BCUT2D eigenvalue weighted by molar-refractivity contribution is 9.10. The maximum atomic E-state index is 12.2. The molecular formula is C14H13BrN2OS2. The number of aromatic nitrogens is 1. The van der Waals surface area contributed by atoms with E-state index in [1.165, 1.54) is 4.88 Å². The fourth-order valence-electron chi connectivity index (χ4n) is 2.04. The van der Waals surface area contributed by atoms with Gasteiger partial charge in [-0.3, -0.25) is 4.79 Å². The molecule has 0 aliphatic carbocycles. The highest BCUT2D eigenvalue weighted by Crippen LogP contribution is 2.19. The third-order valence-corrected chi connectivity index (χ3v) is 5.62. The molecule has 104 valence electrons. The van der Waals surface area contributed by atoms with Gasteiger partial charge in [0.1, 0.15) is 0 Å². The summed E-state index contributed by atoms with van der Waals surface area (Å²) < 4.78 is 3.95. The van der Waals surface area contributed by atoms with Crippen LogP contribution in [0.4, 0.5) is 0 Å². The molecule has 0 radical (unpaired) electrons. The first-order valence-electron chi connectivity index (χ1n) is 6.24. The maximum Gasteiger partial charge on any atom is 0.259 e. The monoisotopic (exact) mass is 368 g/mol. The highest BCUT2D eigenvalue weighted by atomic mass is 79.9. The van der Waals surface area contributed by atoms with Crippen LogP contribution in [0.2, 0.25) is 0 Å². The van der Waals surface area contributed by atoms with Crippen LogP contribution in [0, 0.1) is 0 Å². The van der Waals surface area contributed by atoms with Gasteiger partial charge in [-0.2, -0.15) is 0 Å². The predicted octanol–water partition coefficient (Wildman–Crippen LogP) is 3.68. The van der Waals surface area contributed by atoms with Crippen molar-refractivity contribution in [2.45, 2.75) is 13.1 Å². The smallest absolute Gasteiger partial charge is 0.259 e. The molecule has 20 heavy (non-hydrogen) atoms. The minimum Gasteiger partial charge on any atom is -0.314 e. The number of nitrogens with zero attached hydrogens (tertiary/aromatic N) is 1. The van der Waals surface area contributed by atoms with Crippen molar-refractivity contribution in [3.8, 4) is 0 Å². The summed E-state index contributed by atoms with van der Waals surface area (Å²) in [7, 11) is 0. The van der Waals surface area contributed by atoms with E-state index in [0.29, 0.717) is 6.54 Å². The summed E-state index contributed by atoms with van der Waals surface area (Å²) in [6.07, 6.45) is 1.88. The van der Waals surface area contributed by atoms with E-state index in [9.17, 15) is 4.79 Å². The zero-order chi connectivity index (χ0) is 13.9. The van der Waals surface area contributed by atoms with Crippen molar-refractivity contribution in [2.24, 2.45) is 0 Å². The topological polar surface area (TPSA) is 34.0 Å². The maximum absolute atomic E-state index is 12.2. The molecule has 0 fully saturated rings. The van der Waals surface area contributed by atoms with Gasteiger partial charge in [-0.1, -0.05) is 0 Å². The molecule has 0 bridgehead atoms. The van der Waals surface area contributed by atoms with Crippen molar-refractivity contribution >= 4 is 48.7 Å². The van der Waals surface area contributed by atoms with Gasteiger partial charge in [0, 0.05) is 45.3 Å². The zero-order valence-corrected chi connectivity index (χ0v) is 13.9. The molecule has 0 unspecified atom stereocenters. The van der Waals surface area contributed by atoms with E-state index < -0.39 is 0 Å². The Kier molecular flexibility index (Phi) is 4.35. The van der Waals surface area contributed by atoms with Crippen LogP contribution < -0.4 is 10.9 Å². The molecule has 3 aromatic rings. The molecule has 0 spiro atoms. The Morgan fingerprint density at radius 3 is 3.00 bits per heavy atom. The molecule has 6 heteroatoms. The Morgan fingerprint density at radius 1 is 1.30 bits per heavy atom. The lowest BCUT2D eigenvalue weighted by atomic mass is 10.3. The average molecular weight is 369 g/mol. The lowest BCUT2D eigenvalue weighted by molar-refractivity contribution is 0.590. The molecule has 0 aliphatic heterocycles. The third-order valence-electron chi connectivity index (χ3n) is 3.04. The number of hydrogen-bond acceptors (Lipinski definition) is 4. The van der Waals surface area contributed by atoms with E-state index in [0.717, 1.165) is 27.6 Å². The van der Waals surface area contributed by atoms with E-state index in [-0.39, 0.29) is 5.56 Å². The van der Waals surface area contributed by atoms with E-state index in [2.05, 4.69) is 32.7 Å². The number of halogens is 1. The first-order chi connectivity index (χ1) is 9.74. The van der Waals surface area contributed by atoms with Gasteiger partial charge in [0.05, 0.1) is 5.39 Å². The summed E-state index contributed by atoms with van der Waals surface area (Å²) in [4.78, 5) is 13.5. The number of hydrogen-bond donors (Lipinski definition) is 1. The number of fused-ring (bicyclic) bond motifs is 1. The van der Waals surface area contributed by atoms with Gasteiger partial charge < -0.3 is 9.88 Å². The van der Waals surface area contributed by atoms with Gasteiger partial charge in [-0.15, -0.1) is 22.7 Å². The third kappa shape index (κ3) is 3.03. The molecule has 0 amide bonds. The van der Waals surface area contributed by atoms with E-state index in [4.69, 9.17) is 0 Å². The van der Waals surface area contributed by atoms with Gasteiger partial charge in [-0.25, -0.2) is 0 Å². The summed E-state index contributed by atoms with van der Waals surface area (Å²) in [5.74, 6) is 0. The second-order valence-electron chi connectivity index (χ2n) is 4.42. The molecule has 0 saturated carbocycles. The Bertz CT molecular complexity index is 775. The largest absolute Gasteiger partial charge is 0.314 e. The number of thiophene rings is 2. The summed E-state index contributed by atoms with van der Waals surface area (Å²) in [5, 5.41) is 8.22. The SMILES string of the molecule is O=c1c2ccsc2ccn1CCNCc1cc(Br)cs1. The van der Waals surface area contributed by atoms with Gasteiger partial charge >= 0.3 is 0 Å². The van der Waals surface area contributed by atoms with Crippen molar-refractivity contribution in [1.29, 1.82) is 0 Å². The van der Waals surface area contributed by atoms with Crippen molar-refractivity contribution in [2.75, 3.05) is 6.54 Å². The van der Waals surface area contributed by atoms with Gasteiger partial charge in [-0.05, 0) is 39.5 Å². The molecule has 3 rings (SSSR count). The average Bonchev–Trinajstić information content (AvgIpc) is 3.06. The van der Waals surface area contributed by atoms with Crippen LogP contribution in [0.3, 0.4) is 0 Å². The Labute approximate surface area is 133 Å². The van der Waals surface area contributed by atoms with E-state index >= 15 is 0 Å². The summed E-state index contributed by atoms with van der Waals surface area (Å²) in [6.45, 7) is 2.31. The molecular weight excluding hydrogens is 356 g/mol. The van der Waals surface area contributed by atoms with Crippen molar-refractivity contribution in [1.82, 2.24) is 9.88 Å². The normalized spacial score (nSPS) is 11.2. The van der Waals surface area contributed by atoms with Crippen LogP contribution in [-0.4, -0.2) is 11.1 Å². The molecule has 3 nitrogen and oxygen atoms in total. The predicted molar refractivity (Wildman–Crippen MR) is 89.8 cm³/mol. The first kappa shape index (κ1) is 14.0. The second-order valence-corrected chi connectivity index (χ2v) is 7.28. The summed E-state index contributed by atoms with van der Waals surface area (Å²) >= 11 is 6.78. The van der Waals surface area contributed by atoms with Crippen LogP contribution in [-0.2, 0) is 13.1 Å². The standard InChI is InChI=1S/C14H13BrN2OS2/c15-10-7-11(20-9-10)8-16-3-5-17-4-1-13-12(14(17)18)2-6-19-13/h1-2,4,6-7,9,16H,3,5,8H2. The molecule has 0 atom stereocenters. The first-order valence-corrected chi connectivity index (χ1v) is 8.79. The molecule has 3 aromatic heterocycles. The lowest BCUT2D eigenvalue weighted by Gasteiger charge is -2.06. The number of pyridine rings is 1. The van der Waals surface area contributed by atoms with Crippen LogP contribution in [0.25, 0.3) is 10.1 Å². The number of nitrogens with one attached hydrogen (secondary N) is 1.